The van der Waals surface area contributed by atoms with Gasteiger partial charge in [0.15, 0.2) is 5.13 Å². The zero-order chi connectivity index (χ0) is 16.4. The maximum Gasteiger partial charge on any atom is 0.275 e. The quantitative estimate of drug-likeness (QED) is 0.531. The molecule has 0 bridgehead atoms. The summed E-state index contributed by atoms with van der Waals surface area (Å²) >= 11 is 1.36. The van der Waals surface area contributed by atoms with Crippen molar-refractivity contribution in [2.75, 3.05) is 10.6 Å². The minimum Gasteiger partial charge on any atom is -0.330 e. The lowest BCUT2D eigenvalue weighted by atomic mass is 10.2. The summed E-state index contributed by atoms with van der Waals surface area (Å²) in [5.74, 6) is -0.260. The van der Waals surface area contributed by atoms with Crippen LogP contribution < -0.4 is 10.6 Å². The molecule has 3 heterocycles. The predicted octanol–water partition coefficient (Wildman–Crippen LogP) is 3.41. The van der Waals surface area contributed by atoms with E-state index < -0.39 is 0 Å². The molecule has 4 aromatic rings. The van der Waals surface area contributed by atoms with Crippen molar-refractivity contribution in [3.63, 3.8) is 0 Å². The lowest BCUT2D eigenvalue weighted by Crippen LogP contribution is -2.12. The van der Waals surface area contributed by atoms with Crippen LogP contribution in [-0.2, 0) is 0 Å². The molecule has 0 fully saturated rings. The molecule has 7 nitrogen and oxygen atoms in total. The second-order valence-corrected chi connectivity index (χ2v) is 5.89. The minimum atomic E-state index is -0.260. The minimum absolute atomic E-state index is 0.260. The highest BCUT2D eigenvalue weighted by molar-refractivity contribution is 7.14. The third kappa shape index (κ3) is 2.95. The van der Waals surface area contributed by atoms with Gasteiger partial charge >= 0.3 is 0 Å². The van der Waals surface area contributed by atoms with Crippen molar-refractivity contribution < 1.29 is 4.79 Å². The van der Waals surface area contributed by atoms with Crippen molar-refractivity contribution in [3.05, 3.63) is 60.0 Å². The Balaban J connectivity index is 1.48. The first-order chi connectivity index (χ1) is 11.8. The molecular weight excluding hydrogens is 324 g/mol. The molecule has 0 spiro atoms. The van der Waals surface area contributed by atoms with Gasteiger partial charge in [0.1, 0.15) is 5.69 Å². The second kappa shape index (κ2) is 6.09. The first kappa shape index (κ1) is 14.3. The number of nitrogens with one attached hydrogen (secondary N) is 3. The van der Waals surface area contributed by atoms with Gasteiger partial charge in [0.25, 0.3) is 5.91 Å². The van der Waals surface area contributed by atoms with Gasteiger partial charge in [0.2, 0.25) is 0 Å². The molecule has 0 aliphatic carbocycles. The van der Waals surface area contributed by atoms with E-state index >= 15 is 0 Å². The molecule has 0 radical (unpaired) electrons. The molecule has 0 unspecified atom stereocenters. The Bertz CT molecular complexity index is 994. The van der Waals surface area contributed by atoms with Crippen LogP contribution in [0.25, 0.3) is 10.9 Å². The van der Waals surface area contributed by atoms with Crippen molar-refractivity contribution >= 4 is 44.7 Å². The zero-order valence-electron chi connectivity index (χ0n) is 12.4. The molecule has 0 atom stereocenters. The molecule has 3 aromatic heterocycles. The lowest BCUT2D eigenvalue weighted by Gasteiger charge is -2.03. The van der Waals surface area contributed by atoms with E-state index in [0.29, 0.717) is 16.5 Å². The number of H-pyrrole nitrogens is 1. The molecule has 0 saturated heterocycles. The van der Waals surface area contributed by atoms with Gasteiger partial charge in [0.05, 0.1) is 23.6 Å². The standard InChI is InChI=1S/C16H12N6OS/c23-15(19-11-4-3-10-7-18-22-13(10)6-11)14-9-24-16(21-14)20-12-2-1-5-17-8-12/h1-9H,(H,18,22)(H,19,23)(H,20,21). The van der Waals surface area contributed by atoms with E-state index in [1.54, 1.807) is 24.0 Å². The van der Waals surface area contributed by atoms with Crippen LogP contribution in [0.1, 0.15) is 10.5 Å². The average molecular weight is 336 g/mol. The van der Waals surface area contributed by atoms with Gasteiger partial charge in [-0.1, -0.05) is 0 Å². The number of thiazole rings is 1. The maximum absolute atomic E-state index is 12.3. The molecule has 118 valence electrons. The molecule has 1 amide bonds. The largest absolute Gasteiger partial charge is 0.330 e. The number of hydrogen-bond acceptors (Lipinski definition) is 6. The molecular formula is C16H12N6OS. The van der Waals surface area contributed by atoms with Crippen LogP contribution in [0.3, 0.4) is 0 Å². The number of anilines is 3. The highest BCUT2D eigenvalue weighted by Crippen LogP contribution is 2.22. The fourth-order valence-corrected chi connectivity index (χ4v) is 2.92. The number of nitrogens with zero attached hydrogens (tertiary/aromatic N) is 3. The number of amides is 1. The lowest BCUT2D eigenvalue weighted by molar-refractivity contribution is 0.102. The highest BCUT2D eigenvalue weighted by Gasteiger charge is 2.12. The van der Waals surface area contributed by atoms with E-state index in [9.17, 15) is 4.79 Å². The Morgan fingerprint density at radius 2 is 2.12 bits per heavy atom. The first-order valence-electron chi connectivity index (χ1n) is 7.15. The van der Waals surface area contributed by atoms with Gasteiger partial charge in [-0.2, -0.15) is 5.10 Å². The number of aromatic amines is 1. The predicted molar refractivity (Wildman–Crippen MR) is 93.7 cm³/mol. The fraction of sp³-hybridized carbons (Fsp3) is 0. The number of carbonyl (C=O) groups is 1. The molecule has 0 aliphatic heterocycles. The van der Waals surface area contributed by atoms with E-state index in [2.05, 4.69) is 30.8 Å². The highest BCUT2D eigenvalue weighted by atomic mass is 32.1. The van der Waals surface area contributed by atoms with Gasteiger partial charge < -0.3 is 10.6 Å². The number of rotatable bonds is 4. The Labute approximate surface area is 140 Å². The van der Waals surface area contributed by atoms with Crippen molar-refractivity contribution in [3.8, 4) is 0 Å². The molecule has 3 N–H and O–H groups in total. The van der Waals surface area contributed by atoms with Gasteiger partial charge in [-0.3, -0.25) is 14.9 Å². The van der Waals surface area contributed by atoms with Crippen molar-refractivity contribution in [1.29, 1.82) is 0 Å². The van der Waals surface area contributed by atoms with Crippen LogP contribution in [0, 0.1) is 0 Å². The number of carbonyl (C=O) groups excluding carboxylic acids is 1. The summed E-state index contributed by atoms with van der Waals surface area (Å²) in [5.41, 5.74) is 2.73. The average Bonchev–Trinajstić information content (AvgIpc) is 3.24. The summed E-state index contributed by atoms with van der Waals surface area (Å²) < 4.78 is 0. The van der Waals surface area contributed by atoms with Crippen LogP contribution in [0.4, 0.5) is 16.5 Å². The Hall–Kier alpha value is -3.26. The number of fused-ring (bicyclic) bond motifs is 1. The summed E-state index contributed by atoms with van der Waals surface area (Å²) in [6.45, 7) is 0. The van der Waals surface area contributed by atoms with Crippen LogP contribution in [0.5, 0.6) is 0 Å². The summed E-state index contributed by atoms with van der Waals surface area (Å²) in [5, 5.41) is 16.1. The fourth-order valence-electron chi connectivity index (χ4n) is 2.21. The Kier molecular flexibility index (Phi) is 3.64. The smallest absolute Gasteiger partial charge is 0.275 e. The third-order valence-corrected chi connectivity index (χ3v) is 4.11. The Morgan fingerprint density at radius 1 is 1.17 bits per heavy atom. The van der Waals surface area contributed by atoms with E-state index in [4.69, 9.17) is 0 Å². The van der Waals surface area contributed by atoms with Crippen LogP contribution in [-0.4, -0.2) is 26.1 Å². The molecule has 4 rings (SSSR count). The number of pyridine rings is 1. The topological polar surface area (TPSA) is 95.6 Å². The van der Waals surface area contributed by atoms with Crippen molar-refractivity contribution in [2.45, 2.75) is 0 Å². The number of hydrogen-bond donors (Lipinski definition) is 3. The Morgan fingerprint density at radius 3 is 3.00 bits per heavy atom. The van der Waals surface area contributed by atoms with E-state index in [1.165, 1.54) is 11.3 Å². The van der Waals surface area contributed by atoms with Crippen LogP contribution in [0.15, 0.2) is 54.3 Å². The van der Waals surface area contributed by atoms with Crippen molar-refractivity contribution in [2.24, 2.45) is 0 Å². The zero-order valence-corrected chi connectivity index (χ0v) is 13.2. The van der Waals surface area contributed by atoms with Gasteiger partial charge in [0, 0.05) is 22.7 Å². The number of aromatic nitrogens is 4. The first-order valence-corrected chi connectivity index (χ1v) is 8.03. The van der Waals surface area contributed by atoms with E-state index in [0.717, 1.165) is 16.6 Å². The molecule has 8 heteroatoms. The normalized spacial score (nSPS) is 10.7. The van der Waals surface area contributed by atoms with E-state index in [-0.39, 0.29) is 5.91 Å². The summed E-state index contributed by atoms with van der Waals surface area (Å²) in [6.07, 6.45) is 5.13. The summed E-state index contributed by atoms with van der Waals surface area (Å²) in [7, 11) is 0. The van der Waals surface area contributed by atoms with Crippen LogP contribution in [0.2, 0.25) is 0 Å². The summed E-state index contributed by atoms with van der Waals surface area (Å²) in [4.78, 5) is 20.6. The number of benzene rings is 1. The maximum atomic E-state index is 12.3. The van der Waals surface area contributed by atoms with E-state index in [1.807, 2.05) is 30.3 Å². The van der Waals surface area contributed by atoms with Crippen LogP contribution >= 0.6 is 11.3 Å². The SMILES string of the molecule is O=C(Nc1ccc2cn[nH]c2c1)c1csc(Nc2cccnc2)n1. The molecule has 0 aliphatic rings. The molecule has 0 saturated carbocycles. The summed E-state index contributed by atoms with van der Waals surface area (Å²) in [6, 6.07) is 9.27. The van der Waals surface area contributed by atoms with Gasteiger partial charge in [-0.25, -0.2) is 4.98 Å². The van der Waals surface area contributed by atoms with Gasteiger partial charge in [-0.15, -0.1) is 11.3 Å². The van der Waals surface area contributed by atoms with Crippen molar-refractivity contribution in [1.82, 2.24) is 20.2 Å². The molecule has 1 aromatic carbocycles. The third-order valence-electron chi connectivity index (χ3n) is 3.35. The van der Waals surface area contributed by atoms with Gasteiger partial charge in [-0.05, 0) is 30.3 Å². The molecule has 24 heavy (non-hydrogen) atoms. The monoisotopic (exact) mass is 336 g/mol. The second-order valence-electron chi connectivity index (χ2n) is 5.03.